The summed E-state index contributed by atoms with van der Waals surface area (Å²) in [6.07, 6.45) is 0.895. The van der Waals surface area contributed by atoms with Crippen LogP contribution in [0.1, 0.15) is 15.9 Å². The second kappa shape index (κ2) is 5.78. The molecule has 0 aliphatic heterocycles. The first-order chi connectivity index (χ1) is 9.22. The Labute approximate surface area is 109 Å². The van der Waals surface area contributed by atoms with Gasteiger partial charge in [-0.1, -0.05) is 12.1 Å². The monoisotopic (exact) mass is 255 g/mol. The summed E-state index contributed by atoms with van der Waals surface area (Å²) in [5.74, 6) is -0.0659. The minimum Gasteiger partial charge on any atom is -0.454 e. The van der Waals surface area contributed by atoms with E-state index in [4.69, 9.17) is 10.00 Å². The van der Waals surface area contributed by atoms with Crippen molar-refractivity contribution in [2.24, 2.45) is 0 Å². The van der Waals surface area contributed by atoms with Crippen LogP contribution in [0, 0.1) is 17.1 Å². The lowest BCUT2D eigenvalue weighted by atomic mass is 10.1. The Morgan fingerprint density at radius 2 is 1.95 bits per heavy atom. The maximum atomic E-state index is 13.6. The molecule has 0 aromatic heterocycles. The van der Waals surface area contributed by atoms with Crippen LogP contribution in [0.4, 0.5) is 4.39 Å². The summed E-state index contributed by atoms with van der Waals surface area (Å²) >= 11 is 0. The van der Waals surface area contributed by atoms with Gasteiger partial charge >= 0.3 is 0 Å². The van der Waals surface area contributed by atoms with Crippen LogP contribution in [0.3, 0.4) is 0 Å². The van der Waals surface area contributed by atoms with Crippen LogP contribution in [0.15, 0.2) is 42.5 Å². The smallest absolute Gasteiger partial charge is 0.166 e. The standard InChI is InChI=1S/C15H10FNO2/c16-14-9-12(10-18)3-6-15(14)19-13-4-1-11(2-5-13)7-8-17/h1-6,9-10H,7H2. The SMILES string of the molecule is N#CCc1ccc(Oc2ccc(C=O)cc2F)cc1. The molecule has 19 heavy (non-hydrogen) atoms. The lowest BCUT2D eigenvalue weighted by molar-refractivity contribution is 0.112. The number of ether oxygens (including phenoxy) is 1. The number of hydrogen-bond acceptors (Lipinski definition) is 3. The lowest BCUT2D eigenvalue weighted by Gasteiger charge is -2.07. The van der Waals surface area contributed by atoms with Gasteiger partial charge in [0.2, 0.25) is 0 Å². The second-order valence-electron chi connectivity index (χ2n) is 3.89. The van der Waals surface area contributed by atoms with Crippen molar-refractivity contribution in [1.29, 1.82) is 5.26 Å². The van der Waals surface area contributed by atoms with Crippen molar-refractivity contribution in [3.63, 3.8) is 0 Å². The minimum atomic E-state index is -0.592. The van der Waals surface area contributed by atoms with Crippen molar-refractivity contribution in [3.8, 4) is 17.6 Å². The van der Waals surface area contributed by atoms with Crippen LogP contribution >= 0.6 is 0 Å². The normalized spacial score (nSPS) is 9.68. The Balaban J connectivity index is 2.17. The fourth-order valence-corrected chi connectivity index (χ4v) is 1.57. The van der Waals surface area contributed by atoms with Gasteiger partial charge in [0.1, 0.15) is 12.0 Å². The number of halogens is 1. The number of carbonyl (C=O) groups excluding carboxylic acids is 1. The maximum Gasteiger partial charge on any atom is 0.166 e. The van der Waals surface area contributed by atoms with E-state index in [-0.39, 0.29) is 11.3 Å². The highest BCUT2D eigenvalue weighted by atomic mass is 19.1. The van der Waals surface area contributed by atoms with Gasteiger partial charge in [0.15, 0.2) is 11.6 Å². The molecule has 0 fully saturated rings. The summed E-state index contributed by atoms with van der Waals surface area (Å²) in [6, 6.07) is 12.9. The van der Waals surface area contributed by atoms with E-state index in [1.807, 2.05) is 6.07 Å². The number of nitriles is 1. The molecule has 0 spiro atoms. The third-order valence-electron chi connectivity index (χ3n) is 2.53. The molecule has 2 aromatic rings. The van der Waals surface area contributed by atoms with Crippen LogP contribution in [0.5, 0.6) is 11.5 Å². The van der Waals surface area contributed by atoms with Crippen LogP contribution in [0.2, 0.25) is 0 Å². The molecule has 0 unspecified atom stereocenters. The van der Waals surface area contributed by atoms with E-state index in [9.17, 15) is 9.18 Å². The summed E-state index contributed by atoms with van der Waals surface area (Å²) in [7, 11) is 0. The first kappa shape index (κ1) is 12.8. The minimum absolute atomic E-state index is 0.0543. The van der Waals surface area contributed by atoms with Crippen molar-refractivity contribution in [2.75, 3.05) is 0 Å². The number of nitrogens with zero attached hydrogens (tertiary/aromatic N) is 1. The van der Waals surface area contributed by atoms with Crippen LogP contribution in [0.25, 0.3) is 0 Å². The highest BCUT2D eigenvalue weighted by molar-refractivity contribution is 5.75. The molecule has 0 heterocycles. The van der Waals surface area contributed by atoms with Crippen LogP contribution < -0.4 is 4.74 Å². The average molecular weight is 255 g/mol. The second-order valence-corrected chi connectivity index (χ2v) is 3.89. The third kappa shape index (κ3) is 3.17. The summed E-state index contributed by atoms with van der Waals surface area (Å²) in [5, 5.41) is 8.55. The van der Waals surface area contributed by atoms with Gasteiger partial charge in [0, 0.05) is 5.56 Å². The molecule has 94 valence electrons. The lowest BCUT2D eigenvalue weighted by Crippen LogP contribution is -1.91. The van der Waals surface area contributed by atoms with Gasteiger partial charge in [-0.05, 0) is 35.9 Å². The van der Waals surface area contributed by atoms with Gasteiger partial charge in [0.25, 0.3) is 0 Å². The fourth-order valence-electron chi connectivity index (χ4n) is 1.57. The molecular weight excluding hydrogens is 245 g/mol. The highest BCUT2D eigenvalue weighted by Gasteiger charge is 2.06. The predicted molar refractivity (Wildman–Crippen MR) is 67.6 cm³/mol. The molecule has 0 amide bonds. The molecule has 0 radical (unpaired) electrons. The zero-order chi connectivity index (χ0) is 13.7. The fraction of sp³-hybridized carbons (Fsp3) is 0.0667. The Morgan fingerprint density at radius 3 is 2.53 bits per heavy atom. The first-order valence-corrected chi connectivity index (χ1v) is 5.61. The van der Waals surface area contributed by atoms with Crippen molar-refractivity contribution < 1.29 is 13.9 Å². The molecule has 0 aliphatic carbocycles. The summed E-state index contributed by atoms with van der Waals surface area (Å²) in [5.41, 5.74) is 1.13. The van der Waals surface area contributed by atoms with Crippen molar-refractivity contribution in [1.82, 2.24) is 0 Å². The van der Waals surface area contributed by atoms with E-state index >= 15 is 0 Å². The molecule has 0 saturated carbocycles. The molecule has 2 rings (SSSR count). The van der Waals surface area contributed by atoms with Gasteiger partial charge in [-0.25, -0.2) is 4.39 Å². The van der Waals surface area contributed by atoms with Gasteiger partial charge in [-0.3, -0.25) is 4.79 Å². The third-order valence-corrected chi connectivity index (χ3v) is 2.53. The number of aldehydes is 1. The Hall–Kier alpha value is -2.67. The molecule has 3 nitrogen and oxygen atoms in total. The highest BCUT2D eigenvalue weighted by Crippen LogP contribution is 2.25. The first-order valence-electron chi connectivity index (χ1n) is 5.61. The van der Waals surface area contributed by atoms with E-state index < -0.39 is 5.82 Å². The summed E-state index contributed by atoms with van der Waals surface area (Å²) in [4.78, 5) is 10.5. The van der Waals surface area contributed by atoms with Gasteiger partial charge < -0.3 is 4.74 Å². The van der Waals surface area contributed by atoms with Gasteiger partial charge in [0.05, 0.1) is 12.5 Å². The van der Waals surface area contributed by atoms with Crippen LogP contribution in [-0.2, 0) is 6.42 Å². The molecule has 0 aliphatic rings. The maximum absolute atomic E-state index is 13.6. The summed E-state index contributed by atoms with van der Waals surface area (Å²) < 4.78 is 19.0. The Morgan fingerprint density at radius 1 is 1.21 bits per heavy atom. The average Bonchev–Trinajstić information content (AvgIpc) is 2.43. The van der Waals surface area contributed by atoms with E-state index in [0.29, 0.717) is 18.5 Å². The van der Waals surface area contributed by atoms with E-state index in [1.54, 1.807) is 24.3 Å². The molecular formula is C15H10FNO2. The van der Waals surface area contributed by atoms with E-state index in [2.05, 4.69) is 0 Å². The van der Waals surface area contributed by atoms with Gasteiger partial charge in [-0.15, -0.1) is 0 Å². The Kier molecular flexibility index (Phi) is 3.89. The van der Waals surface area contributed by atoms with Gasteiger partial charge in [-0.2, -0.15) is 5.26 Å². The van der Waals surface area contributed by atoms with Crippen molar-refractivity contribution >= 4 is 6.29 Å². The molecule has 0 saturated heterocycles. The number of hydrogen-bond donors (Lipinski definition) is 0. The zero-order valence-corrected chi connectivity index (χ0v) is 9.97. The molecule has 2 aromatic carbocycles. The number of carbonyl (C=O) groups is 1. The molecule has 0 bridgehead atoms. The predicted octanol–water partition coefficient (Wildman–Crippen LogP) is 3.50. The number of benzene rings is 2. The van der Waals surface area contributed by atoms with Crippen molar-refractivity contribution in [3.05, 3.63) is 59.4 Å². The molecule has 0 atom stereocenters. The molecule has 0 N–H and O–H groups in total. The topological polar surface area (TPSA) is 50.1 Å². The quantitative estimate of drug-likeness (QED) is 0.785. The summed E-state index contributed by atoms with van der Waals surface area (Å²) in [6.45, 7) is 0. The number of rotatable bonds is 4. The van der Waals surface area contributed by atoms with E-state index in [1.165, 1.54) is 12.1 Å². The van der Waals surface area contributed by atoms with Crippen molar-refractivity contribution in [2.45, 2.75) is 6.42 Å². The zero-order valence-electron chi connectivity index (χ0n) is 9.97. The molecule has 4 heteroatoms. The largest absolute Gasteiger partial charge is 0.454 e. The van der Waals surface area contributed by atoms with Crippen LogP contribution in [-0.4, -0.2) is 6.29 Å². The Bertz CT molecular complexity index is 630. The van der Waals surface area contributed by atoms with E-state index in [0.717, 1.165) is 11.6 Å².